The van der Waals surface area contributed by atoms with Gasteiger partial charge in [0, 0.05) is 18.3 Å². The SMILES string of the molecule is CC(C)CN=C(N)Nc1ccc2c(c1)OCCO2. The van der Waals surface area contributed by atoms with Gasteiger partial charge in [0.1, 0.15) is 13.2 Å². The van der Waals surface area contributed by atoms with Crippen molar-refractivity contribution in [3.63, 3.8) is 0 Å². The fraction of sp³-hybridized carbons (Fsp3) is 0.462. The molecule has 3 N–H and O–H groups in total. The lowest BCUT2D eigenvalue weighted by atomic mass is 10.2. The van der Waals surface area contributed by atoms with Crippen LogP contribution >= 0.6 is 0 Å². The summed E-state index contributed by atoms with van der Waals surface area (Å²) in [6, 6.07) is 5.63. The van der Waals surface area contributed by atoms with Crippen LogP contribution in [0.3, 0.4) is 0 Å². The van der Waals surface area contributed by atoms with Gasteiger partial charge >= 0.3 is 0 Å². The van der Waals surface area contributed by atoms with Crippen molar-refractivity contribution < 1.29 is 9.47 Å². The Morgan fingerprint density at radius 2 is 2.06 bits per heavy atom. The number of nitrogens with two attached hydrogens (primary N) is 1. The predicted molar refractivity (Wildman–Crippen MR) is 72.4 cm³/mol. The second-order valence-corrected chi connectivity index (χ2v) is 4.60. The zero-order valence-electron chi connectivity index (χ0n) is 10.8. The molecule has 0 amide bonds. The minimum atomic E-state index is 0.417. The van der Waals surface area contributed by atoms with Gasteiger partial charge in [0.15, 0.2) is 17.5 Å². The molecule has 0 aliphatic carbocycles. The normalized spacial score (nSPS) is 14.7. The summed E-state index contributed by atoms with van der Waals surface area (Å²) >= 11 is 0. The predicted octanol–water partition coefficient (Wildman–Crippen LogP) is 1.84. The number of nitrogens with zero attached hydrogens (tertiary/aromatic N) is 1. The van der Waals surface area contributed by atoms with Crippen LogP contribution in [0.2, 0.25) is 0 Å². The third-order valence-electron chi connectivity index (χ3n) is 2.44. The molecule has 0 bridgehead atoms. The molecule has 0 saturated carbocycles. The van der Waals surface area contributed by atoms with Crippen LogP contribution in [0.5, 0.6) is 11.5 Å². The van der Waals surface area contributed by atoms with E-state index in [9.17, 15) is 0 Å². The molecule has 1 aliphatic heterocycles. The van der Waals surface area contributed by atoms with E-state index in [4.69, 9.17) is 15.2 Å². The summed E-state index contributed by atoms with van der Waals surface area (Å²) in [5.74, 6) is 2.42. The lowest BCUT2D eigenvalue weighted by Gasteiger charge is -2.19. The summed E-state index contributed by atoms with van der Waals surface area (Å²) in [5.41, 5.74) is 6.65. The Morgan fingerprint density at radius 3 is 2.78 bits per heavy atom. The number of fused-ring (bicyclic) bond motifs is 1. The lowest BCUT2D eigenvalue weighted by molar-refractivity contribution is 0.171. The summed E-state index contributed by atoms with van der Waals surface area (Å²) in [6.07, 6.45) is 0. The largest absolute Gasteiger partial charge is 0.486 e. The number of hydrogen-bond acceptors (Lipinski definition) is 3. The van der Waals surface area contributed by atoms with Crippen LogP contribution in [-0.2, 0) is 0 Å². The molecule has 0 fully saturated rings. The van der Waals surface area contributed by atoms with Gasteiger partial charge in [-0.3, -0.25) is 4.99 Å². The van der Waals surface area contributed by atoms with Crippen molar-refractivity contribution in [2.75, 3.05) is 25.1 Å². The van der Waals surface area contributed by atoms with Crippen LogP contribution in [0.1, 0.15) is 13.8 Å². The number of guanidine groups is 1. The number of hydrogen-bond donors (Lipinski definition) is 2. The molecule has 5 heteroatoms. The Balaban J connectivity index is 2.03. The van der Waals surface area contributed by atoms with E-state index < -0.39 is 0 Å². The molecule has 0 spiro atoms. The van der Waals surface area contributed by atoms with Crippen molar-refractivity contribution in [2.45, 2.75) is 13.8 Å². The highest BCUT2D eigenvalue weighted by Crippen LogP contribution is 2.32. The van der Waals surface area contributed by atoms with Crippen LogP contribution in [0.15, 0.2) is 23.2 Å². The Labute approximate surface area is 107 Å². The van der Waals surface area contributed by atoms with Crippen LogP contribution in [0.25, 0.3) is 0 Å². The number of aliphatic imine (C=N–C) groups is 1. The first-order valence-electron chi connectivity index (χ1n) is 6.12. The van der Waals surface area contributed by atoms with E-state index in [1.807, 2.05) is 18.2 Å². The molecule has 0 radical (unpaired) electrons. The average Bonchev–Trinajstić information content (AvgIpc) is 2.36. The Morgan fingerprint density at radius 1 is 1.33 bits per heavy atom. The highest BCUT2D eigenvalue weighted by molar-refractivity contribution is 5.92. The first-order chi connectivity index (χ1) is 8.65. The van der Waals surface area contributed by atoms with Gasteiger partial charge in [0.25, 0.3) is 0 Å². The monoisotopic (exact) mass is 249 g/mol. The van der Waals surface area contributed by atoms with Crippen molar-refractivity contribution in [1.82, 2.24) is 0 Å². The Hall–Kier alpha value is -1.91. The molecule has 98 valence electrons. The van der Waals surface area contributed by atoms with Crippen LogP contribution in [0.4, 0.5) is 5.69 Å². The number of benzene rings is 1. The summed E-state index contributed by atoms with van der Waals surface area (Å²) in [4.78, 5) is 4.24. The van der Waals surface area contributed by atoms with E-state index in [0.29, 0.717) is 31.6 Å². The van der Waals surface area contributed by atoms with E-state index in [1.54, 1.807) is 0 Å². The highest BCUT2D eigenvalue weighted by atomic mass is 16.6. The van der Waals surface area contributed by atoms with Crippen LogP contribution < -0.4 is 20.5 Å². The quantitative estimate of drug-likeness (QED) is 0.633. The zero-order valence-corrected chi connectivity index (χ0v) is 10.8. The minimum absolute atomic E-state index is 0.417. The fourth-order valence-corrected chi connectivity index (χ4v) is 1.59. The molecule has 2 rings (SSSR count). The third-order valence-corrected chi connectivity index (χ3v) is 2.44. The topological polar surface area (TPSA) is 68.9 Å². The number of nitrogens with one attached hydrogen (secondary N) is 1. The highest BCUT2D eigenvalue weighted by Gasteiger charge is 2.11. The third kappa shape index (κ3) is 3.29. The second-order valence-electron chi connectivity index (χ2n) is 4.60. The van der Waals surface area contributed by atoms with E-state index in [-0.39, 0.29) is 0 Å². The molecular formula is C13H19N3O2. The standard InChI is InChI=1S/C13H19N3O2/c1-9(2)8-15-13(14)16-10-3-4-11-12(7-10)18-6-5-17-11/h3-4,7,9H,5-6,8H2,1-2H3,(H3,14,15,16). The van der Waals surface area contributed by atoms with Crippen molar-refractivity contribution in [2.24, 2.45) is 16.6 Å². The first kappa shape index (κ1) is 12.5. The second kappa shape index (κ2) is 5.62. The van der Waals surface area contributed by atoms with Gasteiger partial charge in [-0.05, 0) is 18.1 Å². The maximum absolute atomic E-state index is 5.80. The average molecular weight is 249 g/mol. The zero-order chi connectivity index (χ0) is 13.0. The van der Waals surface area contributed by atoms with E-state index >= 15 is 0 Å². The molecule has 1 heterocycles. The number of rotatable bonds is 3. The molecule has 1 aromatic carbocycles. The Bertz CT molecular complexity index is 444. The molecule has 1 aromatic rings. The maximum atomic E-state index is 5.80. The van der Waals surface area contributed by atoms with Gasteiger partial charge in [-0.1, -0.05) is 13.8 Å². The number of anilines is 1. The summed E-state index contributed by atoms with van der Waals surface area (Å²) in [6.45, 7) is 6.08. The molecule has 0 aromatic heterocycles. The molecule has 0 unspecified atom stereocenters. The van der Waals surface area contributed by atoms with Crippen molar-refractivity contribution >= 4 is 11.6 Å². The minimum Gasteiger partial charge on any atom is -0.486 e. The summed E-state index contributed by atoms with van der Waals surface area (Å²) in [5, 5.41) is 3.04. The van der Waals surface area contributed by atoms with Crippen molar-refractivity contribution in [1.29, 1.82) is 0 Å². The summed E-state index contributed by atoms with van der Waals surface area (Å²) in [7, 11) is 0. The molecule has 1 aliphatic rings. The van der Waals surface area contributed by atoms with Crippen molar-refractivity contribution in [3.8, 4) is 11.5 Å². The van der Waals surface area contributed by atoms with Crippen LogP contribution in [-0.4, -0.2) is 25.7 Å². The van der Waals surface area contributed by atoms with Gasteiger partial charge in [-0.2, -0.15) is 0 Å². The maximum Gasteiger partial charge on any atom is 0.193 e. The molecule has 18 heavy (non-hydrogen) atoms. The lowest BCUT2D eigenvalue weighted by Crippen LogP contribution is -2.23. The Kier molecular flexibility index (Phi) is 3.92. The van der Waals surface area contributed by atoms with E-state index in [0.717, 1.165) is 17.2 Å². The van der Waals surface area contributed by atoms with Gasteiger partial charge < -0.3 is 20.5 Å². The van der Waals surface area contributed by atoms with Gasteiger partial charge in [-0.25, -0.2) is 0 Å². The van der Waals surface area contributed by atoms with Gasteiger partial charge in [-0.15, -0.1) is 0 Å². The molecule has 0 saturated heterocycles. The van der Waals surface area contributed by atoms with Gasteiger partial charge in [0.2, 0.25) is 0 Å². The number of ether oxygens (including phenoxy) is 2. The van der Waals surface area contributed by atoms with Crippen LogP contribution in [0, 0.1) is 5.92 Å². The fourth-order valence-electron chi connectivity index (χ4n) is 1.59. The molecular weight excluding hydrogens is 230 g/mol. The summed E-state index contributed by atoms with van der Waals surface area (Å²) < 4.78 is 10.9. The van der Waals surface area contributed by atoms with E-state index in [1.165, 1.54) is 0 Å². The smallest absolute Gasteiger partial charge is 0.193 e. The van der Waals surface area contributed by atoms with E-state index in [2.05, 4.69) is 24.2 Å². The van der Waals surface area contributed by atoms with Gasteiger partial charge in [0.05, 0.1) is 0 Å². The van der Waals surface area contributed by atoms with Crippen molar-refractivity contribution in [3.05, 3.63) is 18.2 Å². The molecule has 5 nitrogen and oxygen atoms in total. The first-order valence-corrected chi connectivity index (χ1v) is 6.12. The molecule has 0 atom stereocenters.